The molecular weight excluding hydrogens is 540 g/mol. The zero-order chi connectivity index (χ0) is 28.7. The van der Waals surface area contributed by atoms with Gasteiger partial charge in [0, 0.05) is 45.8 Å². The van der Waals surface area contributed by atoms with Crippen LogP contribution in [0.15, 0.2) is 119 Å². The summed E-state index contributed by atoms with van der Waals surface area (Å²) in [6.07, 6.45) is 2.47. The molecule has 0 amide bonds. The van der Waals surface area contributed by atoms with Crippen LogP contribution < -0.4 is 10.6 Å². The van der Waals surface area contributed by atoms with E-state index >= 15 is 0 Å². The van der Waals surface area contributed by atoms with E-state index in [2.05, 4.69) is 10.6 Å². The molecule has 2 aliphatic carbocycles. The summed E-state index contributed by atoms with van der Waals surface area (Å²) < 4.78 is 26.6. The van der Waals surface area contributed by atoms with Crippen LogP contribution in [0.4, 0.5) is 11.4 Å². The number of hydrogen-bond acceptors (Lipinski definition) is 8. The number of Topliss-reactive ketones (excluding diaryl/α,β-unsaturated/α-hetero) is 2. The highest BCUT2D eigenvalue weighted by Crippen LogP contribution is 2.30. The molecule has 0 aromatic heterocycles. The summed E-state index contributed by atoms with van der Waals surface area (Å²) in [5, 5.41) is 6.20. The standard InChI is InChI=1S/C32H20N2O6S/c35-29-17-27(23-5-1-3-7-25(23)31(29)37)33-19-9-13-21(14-10-19)41(39,40)22-15-11-20(12-16-22)34-28-18-30(36)32(38)26-8-4-2-6-24(26)28/h1-18,33-34H. The normalized spacial score (nSPS) is 14.5. The number of ketones is 4. The fourth-order valence-corrected chi connectivity index (χ4v) is 6.00. The van der Waals surface area contributed by atoms with E-state index in [9.17, 15) is 27.6 Å². The van der Waals surface area contributed by atoms with Crippen LogP contribution in [0.2, 0.25) is 0 Å². The molecule has 2 N–H and O–H groups in total. The van der Waals surface area contributed by atoms with Crippen molar-refractivity contribution in [3.05, 3.63) is 131 Å². The van der Waals surface area contributed by atoms with Gasteiger partial charge < -0.3 is 10.6 Å². The first-order valence-corrected chi connectivity index (χ1v) is 14.0. The Balaban J connectivity index is 1.20. The smallest absolute Gasteiger partial charge is 0.233 e. The van der Waals surface area contributed by atoms with Crippen LogP contribution in [0, 0.1) is 0 Å². The maximum atomic E-state index is 13.3. The molecule has 0 bridgehead atoms. The number of rotatable bonds is 6. The monoisotopic (exact) mass is 560 g/mol. The van der Waals surface area contributed by atoms with E-state index in [-0.39, 0.29) is 9.79 Å². The van der Waals surface area contributed by atoms with Gasteiger partial charge in [0.25, 0.3) is 0 Å². The predicted octanol–water partition coefficient (Wildman–Crippen LogP) is 4.96. The van der Waals surface area contributed by atoms with Crippen LogP contribution in [-0.2, 0) is 19.4 Å². The minimum Gasteiger partial charge on any atom is -0.355 e. The Kier molecular flexibility index (Phi) is 6.28. The molecule has 2 aliphatic rings. The van der Waals surface area contributed by atoms with Gasteiger partial charge in [-0.25, -0.2) is 8.42 Å². The molecule has 8 nitrogen and oxygen atoms in total. The second kappa shape index (κ2) is 9.96. The minimum absolute atomic E-state index is 0.0704. The van der Waals surface area contributed by atoms with E-state index in [1.807, 2.05) is 0 Å². The van der Waals surface area contributed by atoms with Gasteiger partial charge in [-0.05, 0) is 48.5 Å². The predicted molar refractivity (Wildman–Crippen MR) is 153 cm³/mol. The van der Waals surface area contributed by atoms with Crippen LogP contribution in [0.1, 0.15) is 31.8 Å². The van der Waals surface area contributed by atoms with E-state index in [4.69, 9.17) is 0 Å². The molecule has 0 unspecified atom stereocenters. The maximum Gasteiger partial charge on any atom is 0.233 e. The van der Waals surface area contributed by atoms with E-state index in [0.717, 1.165) is 0 Å². The van der Waals surface area contributed by atoms with Crippen molar-refractivity contribution in [2.75, 3.05) is 10.6 Å². The number of nitrogens with one attached hydrogen (secondary N) is 2. The van der Waals surface area contributed by atoms with E-state index in [1.54, 1.807) is 72.8 Å². The lowest BCUT2D eigenvalue weighted by atomic mass is 9.93. The minimum atomic E-state index is -3.85. The van der Waals surface area contributed by atoms with Gasteiger partial charge in [0.2, 0.25) is 33.0 Å². The summed E-state index contributed by atoms with van der Waals surface area (Å²) in [4.78, 5) is 48.8. The molecule has 0 heterocycles. The summed E-state index contributed by atoms with van der Waals surface area (Å²) in [5.41, 5.74) is 3.78. The van der Waals surface area contributed by atoms with Crippen LogP contribution in [0.25, 0.3) is 11.4 Å². The van der Waals surface area contributed by atoms with Crippen LogP contribution >= 0.6 is 0 Å². The fraction of sp³-hybridized carbons (Fsp3) is 0. The number of anilines is 2. The van der Waals surface area contributed by atoms with E-state index in [1.165, 1.54) is 36.4 Å². The second-order valence-electron chi connectivity index (χ2n) is 9.40. The third kappa shape index (κ3) is 4.68. The third-order valence-electron chi connectivity index (χ3n) is 6.81. The van der Waals surface area contributed by atoms with Crippen molar-refractivity contribution in [3.63, 3.8) is 0 Å². The molecule has 0 aliphatic heterocycles. The van der Waals surface area contributed by atoms with E-state index < -0.39 is 33.0 Å². The average Bonchev–Trinajstić information content (AvgIpc) is 2.99. The average molecular weight is 561 g/mol. The number of benzene rings is 4. The summed E-state index contributed by atoms with van der Waals surface area (Å²) in [6.45, 7) is 0. The van der Waals surface area contributed by atoms with Gasteiger partial charge in [0.1, 0.15) is 0 Å². The topological polar surface area (TPSA) is 126 Å². The fourth-order valence-electron chi connectivity index (χ4n) is 4.73. The van der Waals surface area contributed by atoms with Crippen molar-refractivity contribution >= 4 is 55.7 Å². The second-order valence-corrected chi connectivity index (χ2v) is 11.3. The highest BCUT2D eigenvalue weighted by Gasteiger charge is 2.27. The molecule has 0 atom stereocenters. The summed E-state index contributed by atoms with van der Waals surface area (Å²) in [7, 11) is -3.85. The third-order valence-corrected chi connectivity index (χ3v) is 8.59. The Labute approximate surface area is 235 Å². The first kappa shape index (κ1) is 25.8. The number of sulfone groups is 1. The quantitative estimate of drug-likeness (QED) is 0.317. The maximum absolute atomic E-state index is 13.3. The lowest BCUT2D eigenvalue weighted by Gasteiger charge is -2.18. The molecule has 4 aromatic carbocycles. The molecule has 0 saturated carbocycles. The zero-order valence-electron chi connectivity index (χ0n) is 21.3. The van der Waals surface area contributed by atoms with Crippen molar-refractivity contribution < 1.29 is 27.6 Å². The van der Waals surface area contributed by atoms with Crippen molar-refractivity contribution in [3.8, 4) is 0 Å². The number of allylic oxidation sites excluding steroid dienone is 2. The van der Waals surface area contributed by atoms with Gasteiger partial charge in [-0.3, -0.25) is 19.2 Å². The first-order valence-electron chi connectivity index (χ1n) is 12.5. The Hall–Kier alpha value is -5.41. The van der Waals surface area contributed by atoms with Gasteiger partial charge >= 0.3 is 0 Å². The van der Waals surface area contributed by atoms with Gasteiger partial charge in [0.15, 0.2) is 0 Å². The summed E-state index contributed by atoms with van der Waals surface area (Å²) >= 11 is 0. The number of fused-ring (bicyclic) bond motifs is 2. The van der Waals surface area contributed by atoms with Crippen molar-refractivity contribution in [2.45, 2.75) is 9.79 Å². The molecular formula is C32H20N2O6S. The highest BCUT2D eigenvalue weighted by molar-refractivity contribution is 7.91. The Bertz CT molecular complexity index is 1820. The Morgan fingerprint density at radius 2 is 0.780 bits per heavy atom. The Morgan fingerprint density at radius 3 is 1.15 bits per heavy atom. The van der Waals surface area contributed by atoms with Crippen molar-refractivity contribution in [1.29, 1.82) is 0 Å². The number of hydrogen-bond donors (Lipinski definition) is 2. The first-order chi connectivity index (χ1) is 19.7. The zero-order valence-corrected chi connectivity index (χ0v) is 22.1. The number of carbonyl (C=O) groups excluding carboxylic acids is 4. The number of carbonyl (C=O) groups is 4. The molecule has 0 saturated heterocycles. The van der Waals surface area contributed by atoms with Gasteiger partial charge in [0.05, 0.1) is 21.2 Å². The lowest BCUT2D eigenvalue weighted by Crippen LogP contribution is -2.20. The van der Waals surface area contributed by atoms with Gasteiger partial charge in [-0.15, -0.1) is 0 Å². The molecule has 0 fully saturated rings. The summed E-state index contributed by atoms with van der Waals surface area (Å²) in [5.74, 6) is -2.41. The molecule has 0 radical (unpaired) electrons. The molecule has 9 heteroatoms. The molecule has 6 rings (SSSR count). The molecule has 0 spiro atoms. The molecule has 200 valence electrons. The summed E-state index contributed by atoms with van der Waals surface area (Å²) in [6, 6.07) is 25.7. The van der Waals surface area contributed by atoms with Crippen molar-refractivity contribution in [1.82, 2.24) is 0 Å². The largest absolute Gasteiger partial charge is 0.355 e. The highest BCUT2D eigenvalue weighted by atomic mass is 32.2. The van der Waals surface area contributed by atoms with Gasteiger partial charge in [-0.2, -0.15) is 0 Å². The molecule has 4 aromatic rings. The van der Waals surface area contributed by atoms with E-state index in [0.29, 0.717) is 45.0 Å². The Morgan fingerprint density at radius 1 is 0.439 bits per heavy atom. The van der Waals surface area contributed by atoms with Crippen LogP contribution in [0.5, 0.6) is 0 Å². The molecule has 41 heavy (non-hydrogen) atoms. The SMILES string of the molecule is O=C1C=C(Nc2ccc(S(=O)(=O)c3ccc(NC4=CC(=O)C(=O)c5ccccc54)cc3)cc2)c2ccccc2C1=O. The van der Waals surface area contributed by atoms with Crippen molar-refractivity contribution in [2.24, 2.45) is 0 Å². The lowest BCUT2D eigenvalue weighted by molar-refractivity contribution is -0.111. The van der Waals surface area contributed by atoms with Crippen LogP contribution in [-0.4, -0.2) is 31.6 Å². The van der Waals surface area contributed by atoms with Crippen LogP contribution in [0.3, 0.4) is 0 Å². The van der Waals surface area contributed by atoms with Gasteiger partial charge in [-0.1, -0.05) is 48.5 Å².